The lowest BCUT2D eigenvalue weighted by atomic mass is 10.2. The molecule has 0 aliphatic rings. The lowest BCUT2D eigenvalue weighted by Crippen LogP contribution is -2.23. The van der Waals surface area contributed by atoms with Crippen LogP contribution in [0.2, 0.25) is 0 Å². The molecular formula is C10H9BrF2N2O2. The van der Waals surface area contributed by atoms with Crippen molar-refractivity contribution in [2.24, 2.45) is 0 Å². The van der Waals surface area contributed by atoms with Crippen molar-refractivity contribution in [1.82, 2.24) is 0 Å². The predicted octanol–water partition coefficient (Wildman–Crippen LogP) is 1.36. The normalized spacial score (nSPS) is 12.0. The number of halogens is 3. The molecule has 0 aliphatic heterocycles. The number of aliphatic hydroxyl groups excluding tert-OH is 2. The first-order valence-corrected chi connectivity index (χ1v) is 5.41. The molecule has 7 heteroatoms. The SMILES string of the molecule is N#Cc1c(F)cc(Br)c(NCC(O)CO)c1F. The number of aliphatic hydroxyl groups is 2. The third-order valence-electron chi connectivity index (χ3n) is 2.01. The summed E-state index contributed by atoms with van der Waals surface area (Å²) in [5.41, 5.74) is -0.829. The topological polar surface area (TPSA) is 76.3 Å². The van der Waals surface area contributed by atoms with Gasteiger partial charge in [-0.05, 0) is 22.0 Å². The van der Waals surface area contributed by atoms with Crippen molar-refractivity contribution in [3.63, 3.8) is 0 Å². The summed E-state index contributed by atoms with van der Waals surface area (Å²) in [6, 6.07) is 2.36. The fourth-order valence-corrected chi connectivity index (χ4v) is 1.65. The standard InChI is InChI=1S/C10H9BrF2N2O2/c11-7-1-8(12)6(2-14)9(13)10(7)15-3-5(17)4-16/h1,5,15-17H,3-4H2. The van der Waals surface area contributed by atoms with Gasteiger partial charge in [0.05, 0.1) is 18.4 Å². The summed E-state index contributed by atoms with van der Waals surface area (Å²) in [7, 11) is 0. The Morgan fingerprint density at radius 3 is 2.71 bits per heavy atom. The van der Waals surface area contributed by atoms with E-state index in [0.717, 1.165) is 6.07 Å². The summed E-state index contributed by atoms with van der Waals surface area (Å²) in [6.07, 6.45) is -1.07. The van der Waals surface area contributed by atoms with Gasteiger partial charge in [-0.15, -0.1) is 0 Å². The summed E-state index contributed by atoms with van der Waals surface area (Å²) in [4.78, 5) is 0. The van der Waals surface area contributed by atoms with Crippen LogP contribution in [0.4, 0.5) is 14.5 Å². The Kier molecular flexibility index (Phi) is 4.81. The highest BCUT2D eigenvalue weighted by atomic mass is 79.9. The van der Waals surface area contributed by atoms with E-state index in [-0.39, 0.29) is 16.7 Å². The molecule has 0 aliphatic carbocycles. The van der Waals surface area contributed by atoms with Crippen molar-refractivity contribution >= 4 is 21.6 Å². The molecule has 4 nitrogen and oxygen atoms in total. The van der Waals surface area contributed by atoms with Gasteiger partial charge in [0, 0.05) is 11.0 Å². The second-order valence-corrected chi connectivity index (χ2v) is 4.09. The number of anilines is 1. The largest absolute Gasteiger partial charge is 0.394 e. The minimum absolute atomic E-state index is 0.0941. The maximum absolute atomic E-state index is 13.6. The van der Waals surface area contributed by atoms with Crippen LogP contribution in [0.1, 0.15) is 5.56 Å². The lowest BCUT2D eigenvalue weighted by molar-refractivity contribution is 0.105. The maximum atomic E-state index is 13.6. The van der Waals surface area contributed by atoms with Crippen molar-refractivity contribution < 1.29 is 19.0 Å². The van der Waals surface area contributed by atoms with Crippen LogP contribution in [0.25, 0.3) is 0 Å². The van der Waals surface area contributed by atoms with Gasteiger partial charge in [-0.1, -0.05) is 0 Å². The van der Waals surface area contributed by atoms with E-state index in [4.69, 9.17) is 15.5 Å². The van der Waals surface area contributed by atoms with Crippen LogP contribution in [0.5, 0.6) is 0 Å². The van der Waals surface area contributed by atoms with Crippen LogP contribution >= 0.6 is 15.9 Å². The second kappa shape index (κ2) is 5.91. The van der Waals surface area contributed by atoms with Gasteiger partial charge in [0.2, 0.25) is 0 Å². The lowest BCUT2D eigenvalue weighted by Gasteiger charge is -2.13. The molecule has 0 heterocycles. The highest BCUT2D eigenvalue weighted by molar-refractivity contribution is 9.10. The molecule has 0 fully saturated rings. The van der Waals surface area contributed by atoms with Crippen LogP contribution < -0.4 is 5.32 Å². The van der Waals surface area contributed by atoms with Crippen molar-refractivity contribution in [2.75, 3.05) is 18.5 Å². The zero-order chi connectivity index (χ0) is 13.0. The summed E-state index contributed by atoms with van der Waals surface area (Å²) in [5, 5.41) is 28.7. The van der Waals surface area contributed by atoms with Crippen molar-refractivity contribution in [2.45, 2.75) is 6.10 Å². The highest BCUT2D eigenvalue weighted by Crippen LogP contribution is 2.29. The molecule has 3 N–H and O–H groups in total. The number of benzene rings is 1. The van der Waals surface area contributed by atoms with Gasteiger partial charge < -0.3 is 15.5 Å². The van der Waals surface area contributed by atoms with Crippen LogP contribution in [-0.2, 0) is 0 Å². The van der Waals surface area contributed by atoms with Gasteiger partial charge in [0.15, 0.2) is 5.82 Å². The van der Waals surface area contributed by atoms with E-state index in [2.05, 4.69) is 21.2 Å². The number of nitrogens with zero attached hydrogens (tertiary/aromatic N) is 1. The average molecular weight is 307 g/mol. The zero-order valence-corrected chi connectivity index (χ0v) is 10.1. The first kappa shape index (κ1) is 13.8. The molecule has 1 unspecified atom stereocenters. The molecule has 1 aromatic rings. The molecule has 92 valence electrons. The predicted molar refractivity (Wildman–Crippen MR) is 60.4 cm³/mol. The third-order valence-corrected chi connectivity index (χ3v) is 2.63. The van der Waals surface area contributed by atoms with Gasteiger partial charge in [-0.3, -0.25) is 0 Å². The zero-order valence-electron chi connectivity index (χ0n) is 8.54. The molecule has 17 heavy (non-hydrogen) atoms. The molecule has 1 atom stereocenters. The van der Waals surface area contributed by atoms with Crippen molar-refractivity contribution in [3.05, 3.63) is 27.7 Å². The van der Waals surface area contributed by atoms with E-state index in [1.807, 2.05) is 0 Å². The molecule has 0 saturated carbocycles. The monoisotopic (exact) mass is 306 g/mol. The molecule has 1 rings (SSSR count). The Morgan fingerprint density at radius 2 is 2.18 bits per heavy atom. The third kappa shape index (κ3) is 3.12. The summed E-state index contributed by atoms with van der Waals surface area (Å²) in [5.74, 6) is -2.00. The van der Waals surface area contributed by atoms with E-state index in [1.54, 1.807) is 0 Å². The summed E-state index contributed by atoms with van der Waals surface area (Å²) >= 11 is 2.94. The van der Waals surface area contributed by atoms with E-state index in [9.17, 15) is 8.78 Å². The Labute approximate surface area is 105 Å². The Hall–Kier alpha value is -1.23. The van der Waals surface area contributed by atoms with Crippen molar-refractivity contribution in [3.8, 4) is 6.07 Å². The number of nitrogens with one attached hydrogen (secondary N) is 1. The number of rotatable bonds is 4. The van der Waals surface area contributed by atoms with Gasteiger partial charge in [-0.2, -0.15) is 5.26 Å². The van der Waals surface area contributed by atoms with E-state index >= 15 is 0 Å². The van der Waals surface area contributed by atoms with Gasteiger partial charge in [0.25, 0.3) is 0 Å². The van der Waals surface area contributed by atoms with E-state index < -0.39 is 29.9 Å². The molecule has 0 spiro atoms. The number of hydrogen-bond acceptors (Lipinski definition) is 4. The molecule has 0 aromatic heterocycles. The molecule has 0 radical (unpaired) electrons. The van der Waals surface area contributed by atoms with Crippen LogP contribution in [0.15, 0.2) is 10.5 Å². The maximum Gasteiger partial charge on any atom is 0.168 e. The minimum atomic E-state index is -1.07. The number of hydrogen-bond donors (Lipinski definition) is 3. The smallest absolute Gasteiger partial charge is 0.168 e. The molecule has 0 bridgehead atoms. The van der Waals surface area contributed by atoms with E-state index in [1.165, 1.54) is 6.07 Å². The first-order valence-electron chi connectivity index (χ1n) is 4.61. The fraction of sp³-hybridized carbons (Fsp3) is 0.300. The van der Waals surface area contributed by atoms with Gasteiger partial charge in [0.1, 0.15) is 17.4 Å². The summed E-state index contributed by atoms with van der Waals surface area (Å²) in [6.45, 7) is -0.610. The first-order chi connectivity index (χ1) is 8.01. The molecular weight excluding hydrogens is 298 g/mol. The van der Waals surface area contributed by atoms with Gasteiger partial charge >= 0.3 is 0 Å². The Bertz CT molecular complexity index is 463. The van der Waals surface area contributed by atoms with Gasteiger partial charge in [-0.25, -0.2) is 8.78 Å². The molecule has 0 amide bonds. The molecule has 0 saturated heterocycles. The van der Waals surface area contributed by atoms with Crippen molar-refractivity contribution in [1.29, 1.82) is 5.26 Å². The highest BCUT2D eigenvalue weighted by Gasteiger charge is 2.17. The minimum Gasteiger partial charge on any atom is -0.394 e. The fourth-order valence-electron chi connectivity index (χ4n) is 1.14. The summed E-state index contributed by atoms with van der Waals surface area (Å²) < 4.78 is 26.9. The van der Waals surface area contributed by atoms with Crippen LogP contribution in [0, 0.1) is 23.0 Å². The second-order valence-electron chi connectivity index (χ2n) is 3.23. The Balaban J connectivity index is 3.04. The van der Waals surface area contributed by atoms with Crippen LogP contribution in [-0.4, -0.2) is 29.5 Å². The number of nitriles is 1. The van der Waals surface area contributed by atoms with E-state index in [0.29, 0.717) is 0 Å². The average Bonchev–Trinajstić information content (AvgIpc) is 2.28. The van der Waals surface area contributed by atoms with Crippen LogP contribution in [0.3, 0.4) is 0 Å². The Morgan fingerprint density at radius 1 is 1.53 bits per heavy atom. The molecule has 1 aromatic carbocycles. The quantitative estimate of drug-likeness (QED) is 0.785.